The number of carboxylic acids is 1. The zero-order chi connectivity index (χ0) is 11.3. The highest BCUT2D eigenvalue weighted by molar-refractivity contribution is 7.11. The normalized spacial score (nSPS) is 10.5. The summed E-state index contributed by atoms with van der Waals surface area (Å²) in [7, 11) is 1.63. The Hall–Kier alpha value is -0.940. The highest BCUT2D eigenvalue weighted by atomic mass is 32.1. The van der Waals surface area contributed by atoms with E-state index in [4.69, 9.17) is 9.84 Å². The van der Waals surface area contributed by atoms with Crippen LogP contribution in [0.3, 0.4) is 0 Å². The smallest absolute Gasteiger partial charge is 0.303 e. The van der Waals surface area contributed by atoms with E-state index in [-0.39, 0.29) is 6.42 Å². The van der Waals surface area contributed by atoms with Crippen molar-refractivity contribution in [2.24, 2.45) is 0 Å². The maximum Gasteiger partial charge on any atom is 0.303 e. The van der Waals surface area contributed by atoms with Crippen molar-refractivity contribution in [3.63, 3.8) is 0 Å². The van der Waals surface area contributed by atoms with Gasteiger partial charge in [-0.3, -0.25) is 4.79 Å². The molecule has 1 heterocycles. The quantitative estimate of drug-likeness (QED) is 0.809. The number of methoxy groups -OCH3 is 1. The molecular weight excluding hydrogens is 214 g/mol. The van der Waals surface area contributed by atoms with Crippen LogP contribution >= 0.6 is 11.3 Å². The van der Waals surface area contributed by atoms with Crippen LogP contribution in [-0.2, 0) is 29.0 Å². The van der Waals surface area contributed by atoms with Crippen molar-refractivity contribution in [1.82, 2.24) is 4.98 Å². The molecule has 0 aliphatic heterocycles. The van der Waals surface area contributed by atoms with Crippen LogP contribution in [0, 0.1) is 0 Å². The van der Waals surface area contributed by atoms with Gasteiger partial charge in [0.15, 0.2) is 0 Å². The molecule has 0 saturated carbocycles. The van der Waals surface area contributed by atoms with E-state index in [0.717, 1.165) is 22.0 Å². The number of carboxylic acid groups (broad SMARTS) is 1. The first-order chi connectivity index (χ1) is 7.17. The Morgan fingerprint density at radius 2 is 2.33 bits per heavy atom. The highest BCUT2D eigenvalue weighted by Crippen LogP contribution is 2.21. The fourth-order valence-electron chi connectivity index (χ4n) is 1.31. The summed E-state index contributed by atoms with van der Waals surface area (Å²) < 4.78 is 5.00. The molecule has 0 bridgehead atoms. The van der Waals surface area contributed by atoms with E-state index in [9.17, 15) is 4.79 Å². The molecule has 0 amide bonds. The van der Waals surface area contributed by atoms with Gasteiger partial charge in [-0.15, -0.1) is 11.3 Å². The molecule has 0 aliphatic rings. The van der Waals surface area contributed by atoms with E-state index in [1.54, 1.807) is 18.4 Å². The second-order valence-corrected chi connectivity index (χ2v) is 4.33. The number of hydrogen-bond donors (Lipinski definition) is 1. The van der Waals surface area contributed by atoms with Gasteiger partial charge in [-0.05, 0) is 12.8 Å². The second-order valence-electron chi connectivity index (χ2n) is 3.16. The fraction of sp³-hybridized carbons (Fsp3) is 0.600. The standard InChI is InChI=1S/C10H15NO3S/c1-3-7-8(4-5-10(12)13)15-9(11-7)6-14-2/h3-6H2,1-2H3,(H,12,13). The zero-order valence-corrected chi connectivity index (χ0v) is 9.76. The number of ether oxygens (including phenoxy) is 1. The Balaban J connectivity index is 2.71. The van der Waals surface area contributed by atoms with E-state index in [1.165, 1.54) is 0 Å². The summed E-state index contributed by atoms with van der Waals surface area (Å²) in [6.45, 7) is 2.53. The summed E-state index contributed by atoms with van der Waals surface area (Å²) in [5.74, 6) is -0.765. The van der Waals surface area contributed by atoms with Gasteiger partial charge >= 0.3 is 5.97 Å². The number of carbonyl (C=O) groups is 1. The molecule has 1 aromatic rings. The lowest BCUT2D eigenvalue weighted by molar-refractivity contribution is -0.136. The van der Waals surface area contributed by atoms with Crippen molar-refractivity contribution in [3.05, 3.63) is 15.6 Å². The van der Waals surface area contributed by atoms with Crippen LogP contribution in [0.15, 0.2) is 0 Å². The number of rotatable bonds is 6. The Morgan fingerprint density at radius 3 is 2.87 bits per heavy atom. The molecule has 0 aromatic carbocycles. The van der Waals surface area contributed by atoms with Crippen LogP contribution in [-0.4, -0.2) is 23.2 Å². The van der Waals surface area contributed by atoms with Crippen molar-refractivity contribution in [2.75, 3.05) is 7.11 Å². The van der Waals surface area contributed by atoms with Crippen molar-refractivity contribution in [3.8, 4) is 0 Å². The third-order valence-electron chi connectivity index (χ3n) is 1.99. The highest BCUT2D eigenvalue weighted by Gasteiger charge is 2.10. The van der Waals surface area contributed by atoms with Crippen LogP contribution in [0.2, 0.25) is 0 Å². The summed E-state index contributed by atoms with van der Waals surface area (Å²) in [5.41, 5.74) is 1.01. The number of aryl methyl sites for hydroxylation is 2. The fourth-order valence-corrected chi connectivity index (χ4v) is 2.44. The summed E-state index contributed by atoms with van der Waals surface area (Å²) in [5, 5.41) is 9.53. The minimum atomic E-state index is -0.765. The topological polar surface area (TPSA) is 59.4 Å². The minimum Gasteiger partial charge on any atom is -0.481 e. The summed E-state index contributed by atoms with van der Waals surface area (Å²) >= 11 is 1.55. The first kappa shape index (κ1) is 12.1. The molecular formula is C10H15NO3S. The van der Waals surface area contributed by atoms with Gasteiger partial charge < -0.3 is 9.84 Å². The molecule has 0 aliphatic carbocycles. The molecule has 0 atom stereocenters. The molecule has 1 N–H and O–H groups in total. The summed E-state index contributed by atoms with van der Waals surface area (Å²) in [6.07, 6.45) is 1.58. The first-order valence-corrected chi connectivity index (χ1v) is 5.67. The van der Waals surface area contributed by atoms with Gasteiger partial charge in [-0.25, -0.2) is 4.98 Å². The SMILES string of the molecule is CCc1nc(COC)sc1CCC(=O)O. The molecule has 15 heavy (non-hydrogen) atoms. The number of aliphatic carboxylic acids is 1. The molecule has 1 aromatic heterocycles. The van der Waals surface area contributed by atoms with Crippen LogP contribution in [0.5, 0.6) is 0 Å². The van der Waals surface area contributed by atoms with E-state index in [1.807, 2.05) is 6.92 Å². The second kappa shape index (κ2) is 5.82. The lowest BCUT2D eigenvalue weighted by Gasteiger charge is -1.95. The number of nitrogens with zero attached hydrogens (tertiary/aromatic N) is 1. The Labute approximate surface area is 92.9 Å². The monoisotopic (exact) mass is 229 g/mol. The van der Waals surface area contributed by atoms with Gasteiger partial charge in [0.1, 0.15) is 5.01 Å². The number of hydrogen-bond acceptors (Lipinski definition) is 4. The molecule has 0 radical (unpaired) electrons. The van der Waals surface area contributed by atoms with Gasteiger partial charge in [-0.1, -0.05) is 6.92 Å². The lowest BCUT2D eigenvalue weighted by Crippen LogP contribution is -1.98. The average Bonchev–Trinajstić information content (AvgIpc) is 2.58. The summed E-state index contributed by atoms with van der Waals surface area (Å²) in [6, 6.07) is 0. The van der Waals surface area contributed by atoms with Gasteiger partial charge in [0.2, 0.25) is 0 Å². The zero-order valence-electron chi connectivity index (χ0n) is 8.95. The van der Waals surface area contributed by atoms with Crippen molar-refractivity contribution in [2.45, 2.75) is 32.8 Å². The minimum absolute atomic E-state index is 0.168. The van der Waals surface area contributed by atoms with Crippen LogP contribution < -0.4 is 0 Å². The third-order valence-corrected chi connectivity index (χ3v) is 3.12. The lowest BCUT2D eigenvalue weighted by atomic mass is 10.2. The Morgan fingerprint density at radius 1 is 1.60 bits per heavy atom. The number of thiazole rings is 1. The van der Waals surface area contributed by atoms with Gasteiger partial charge in [-0.2, -0.15) is 0 Å². The predicted molar refractivity (Wildman–Crippen MR) is 58.2 cm³/mol. The van der Waals surface area contributed by atoms with Gasteiger partial charge in [0.25, 0.3) is 0 Å². The maximum atomic E-state index is 10.5. The van der Waals surface area contributed by atoms with Crippen LogP contribution in [0.25, 0.3) is 0 Å². The Bertz CT molecular complexity index is 335. The van der Waals surface area contributed by atoms with Crippen LogP contribution in [0.1, 0.15) is 28.9 Å². The molecule has 84 valence electrons. The predicted octanol–water partition coefficient (Wildman–Crippen LogP) is 1.87. The van der Waals surface area contributed by atoms with Crippen molar-refractivity contribution in [1.29, 1.82) is 0 Å². The van der Waals surface area contributed by atoms with E-state index in [0.29, 0.717) is 13.0 Å². The van der Waals surface area contributed by atoms with E-state index >= 15 is 0 Å². The molecule has 5 heteroatoms. The van der Waals surface area contributed by atoms with Crippen molar-refractivity contribution >= 4 is 17.3 Å². The molecule has 0 saturated heterocycles. The third kappa shape index (κ3) is 3.60. The molecule has 0 fully saturated rings. The van der Waals surface area contributed by atoms with Gasteiger partial charge in [0, 0.05) is 12.0 Å². The molecule has 4 nitrogen and oxygen atoms in total. The molecule has 1 rings (SSSR count). The maximum absolute atomic E-state index is 10.5. The van der Waals surface area contributed by atoms with Crippen LogP contribution in [0.4, 0.5) is 0 Å². The average molecular weight is 229 g/mol. The molecule has 0 spiro atoms. The van der Waals surface area contributed by atoms with E-state index in [2.05, 4.69) is 4.98 Å². The first-order valence-electron chi connectivity index (χ1n) is 4.85. The molecule has 0 unspecified atom stereocenters. The Kier molecular flexibility index (Phi) is 4.71. The van der Waals surface area contributed by atoms with E-state index < -0.39 is 5.97 Å². The van der Waals surface area contributed by atoms with Crippen molar-refractivity contribution < 1.29 is 14.6 Å². The van der Waals surface area contributed by atoms with Gasteiger partial charge in [0.05, 0.1) is 18.7 Å². The largest absolute Gasteiger partial charge is 0.481 e. The number of aromatic nitrogens is 1. The summed E-state index contributed by atoms with van der Waals surface area (Å²) in [4.78, 5) is 15.9.